The van der Waals surface area contributed by atoms with Crippen LogP contribution >= 0.6 is 0 Å². The number of rotatable bonds is 4. The van der Waals surface area contributed by atoms with E-state index in [1.807, 2.05) is 37.4 Å². The van der Waals surface area contributed by atoms with Gasteiger partial charge in [0.05, 0.1) is 5.52 Å². The third-order valence-corrected chi connectivity index (χ3v) is 3.69. The first-order chi connectivity index (χ1) is 10.6. The molecule has 0 aliphatic heterocycles. The van der Waals surface area contributed by atoms with Crippen molar-refractivity contribution in [2.75, 3.05) is 7.05 Å². The van der Waals surface area contributed by atoms with E-state index < -0.39 is 0 Å². The molecule has 4 nitrogen and oxygen atoms in total. The number of phenolic OH excluding ortho intramolecular Hbond substituents is 1. The highest BCUT2D eigenvalue weighted by Crippen LogP contribution is 2.27. The van der Waals surface area contributed by atoms with Gasteiger partial charge < -0.3 is 10.1 Å². The van der Waals surface area contributed by atoms with Crippen molar-refractivity contribution in [3.8, 4) is 5.75 Å². The first-order valence-corrected chi connectivity index (χ1v) is 7.20. The molecule has 2 aromatic carbocycles. The van der Waals surface area contributed by atoms with Gasteiger partial charge in [-0.1, -0.05) is 42.5 Å². The first-order valence-electron chi connectivity index (χ1n) is 7.20. The molecule has 0 unspecified atom stereocenters. The Bertz CT molecular complexity index is 841. The average molecular weight is 294 g/mol. The third-order valence-electron chi connectivity index (χ3n) is 3.69. The molecule has 0 aliphatic carbocycles. The van der Waals surface area contributed by atoms with Gasteiger partial charge in [0.25, 0.3) is 0 Å². The standard InChI is InChI=1S/C18H18N2O2/c1-20(11-13-5-3-2-4-6-13)12-15-8-7-14-9-10-16(21)19-17(14)18(15)22/h2-10,22H,11-12H2,1H3,(H,19,21). The molecule has 2 N–H and O–H groups in total. The SMILES string of the molecule is CN(Cc1ccccc1)Cc1ccc2ccc(=O)[nH]c2c1O. The summed E-state index contributed by atoms with van der Waals surface area (Å²) >= 11 is 0. The molecule has 1 heterocycles. The summed E-state index contributed by atoms with van der Waals surface area (Å²) in [7, 11) is 2.00. The van der Waals surface area contributed by atoms with E-state index in [0.29, 0.717) is 12.1 Å². The van der Waals surface area contributed by atoms with E-state index >= 15 is 0 Å². The molecule has 0 atom stereocenters. The first kappa shape index (κ1) is 14.4. The van der Waals surface area contributed by atoms with Crippen molar-refractivity contribution in [1.29, 1.82) is 0 Å². The van der Waals surface area contributed by atoms with Gasteiger partial charge in [-0.2, -0.15) is 0 Å². The molecule has 0 fully saturated rings. The zero-order chi connectivity index (χ0) is 15.5. The highest BCUT2D eigenvalue weighted by atomic mass is 16.3. The number of aromatic amines is 1. The number of benzene rings is 2. The average Bonchev–Trinajstić information content (AvgIpc) is 2.51. The molecule has 3 rings (SSSR count). The lowest BCUT2D eigenvalue weighted by atomic mass is 10.1. The number of H-pyrrole nitrogens is 1. The molecule has 0 saturated carbocycles. The van der Waals surface area contributed by atoms with Crippen LogP contribution in [0, 0.1) is 0 Å². The van der Waals surface area contributed by atoms with Gasteiger partial charge in [-0.05, 0) is 18.7 Å². The van der Waals surface area contributed by atoms with E-state index in [2.05, 4.69) is 22.0 Å². The number of phenols is 1. The second-order valence-corrected chi connectivity index (χ2v) is 5.52. The Morgan fingerprint density at radius 1 is 1.00 bits per heavy atom. The molecule has 3 aromatic rings. The Hall–Kier alpha value is -2.59. The molecule has 22 heavy (non-hydrogen) atoms. The number of hydrogen-bond acceptors (Lipinski definition) is 3. The molecule has 0 aliphatic rings. The van der Waals surface area contributed by atoms with E-state index in [9.17, 15) is 9.90 Å². The third kappa shape index (κ3) is 3.02. The van der Waals surface area contributed by atoms with Gasteiger partial charge in [0.2, 0.25) is 5.56 Å². The second-order valence-electron chi connectivity index (χ2n) is 5.52. The molecule has 0 bridgehead atoms. The second kappa shape index (κ2) is 6.03. The fourth-order valence-electron chi connectivity index (χ4n) is 2.62. The molecule has 4 heteroatoms. The Balaban J connectivity index is 1.84. The Kier molecular flexibility index (Phi) is 3.94. The van der Waals surface area contributed by atoms with Crippen molar-refractivity contribution >= 4 is 10.9 Å². The summed E-state index contributed by atoms with van der Waals surface area (Å²) in [6.07, 6.45) is 0. The van der Waals surface area contributed by atoms with Crippen LogP contribution in [0.1, 0.15) is 11.1 Å². The summed E-state index contributed by atoms with van der Waals surface area (Å²) < 4.78 is 0. The topological polar surface area (TPSA) is 56.3 Å². The van der Waals surface area contributed by atoms with Crippen LogP contribution in [0.25, 0.3) is 10.9 Å². The number of pyridine rings is 1. The summed E-state index contributed by atoms with van der Waals surface area (Å²) in [4.78, 5) is 16.3. The maximum absolute atomic E-state index is 11.4. The highest BCUT2D eigenvalue weighted by molar-refractivity contribution is 5.85. The predicted molar refractivity (Wildman–Crippen MR) is 87.8 cm³/mol. The van der Waals surface area contributed by atoms with Gasteiger partial charge in [-0.15, -0.1) is 0 Å². The molecule has 0 saturated heterocycles. The van der Waals surface area contributed by atoms with E-state index in [1.54, 1.807) is 6.07 Å². The van der Waals surface area contributed by atoms with E-state index in [-0.39, 0.29) is 11.3 Å². The van der Waals surface area contributed by atoms with Crippen molar-refractivity contribution in [2.45, 2.75) is 13.1 Å². The number of hydrogen-bond donors (Lipinski definition) is 2. The fourth-order valence-corrected chi connectivity index (χ4v) is 2.62. The maximum atomic E-state index is 11.4. The van der Waals surface area contributed by atoms with Crippen LogP contribution in [-0.2, 0) is 13.1 Å². The Morgan fingerprint density at radius 3 is 2.50 bits per heavy atom. The molecular weight excluding hydrogens is 276 g/mol. The van der Waals surface area contributed by atoms with Gasteiger partial charge in [0, 0.05) is 30.1 Å². The summed E-state index contributed by atoms with van der Waals surface area (Å²) in [5.74, 6) is 0.148. The Morgan fingerprint density at radius 2 is 1.73 bits per heavy atom. The monoisotopic (exact) mass is 294 g/mol. The summed E-state index contributed by atoms with van der Waals surface area (Å²) in [6.45, 7) is 1.40. The van der Waals surface area contributed by atoms with Crippen molar-refractivity contribution in [2.24, 2.45) is 0 Å². The minimum absolute atomic E-state index is 0.148. The number of nitrogens with one attached hydrogen (secondary N) is 1. The maximum Gasteiger partial charge on any atom is 0.248 e. The van der Waals surface area contributed by atoms with Crippen molar-refractivity contribution in [3.63, 3.8) is 0 Å². The van der Waals surface area contributed by atoms with Crippen LogP contribution in [0.4, 0.5) is 0 Å². The van der Waals surface area contributed by atoms with Gasteiger partial charge in [-0.3, -0.25) is 9.69 Å². The van der Waals surface area contributed by atoms with Crippen LogP contribution < -0.4 is 5.56 Å². The van der Waals surface area contributed by atoms with E-state index in [4.69, 9.17) is 0 Å². The zero-order valence-corrected chi connectivity index (χ0v) is 12.4. The van der Waals surface area contributed by atoms with Crippen LogP contribution in [0.15, 0.2) is 59.4 Å². The number of aromatic hydroxyl groups is 1. The van der Waals surface area contributed by atoms with Gasteiger partial charge >= 0.3 is 0 Å². The quantitative estimate of drug-likeness (QED) is 0.778. The number of aromatic nitrogens is 1. The van der Waals surface area contributed by atoms with Crippen molar-refractivity contribution in [3.05, 3.63) is 76.1 Å². The highest BCUT2D eigenvalue weighted by Gasteiger charge is 2.10. The van der Waals surface area contributed by atoms with Gasteiger partial charge in [0.15, 0.2) is 0 Å². The van der Waals surface area contributed by atoms with Crippen LogP contribution in [-0.4, -0.2) is 22.0 Å². The predicted octanol–water partition coefficient (Wildman–Crippen LogP) is 2.87. The molecule has 0 radical (unpaired) electrons. The zero-order valence-electron chi connectivity index (χ0n) is 12.4. The van der Waals surface area contributed by atoms with Crippen LogP contribution in [0.5, 0.6) is 5.75 Å². The van der Waals surface area contributed by atoms with Gasteiger partial charge in [-0.25, -0.2) is 0 Å². The van der Waals surface area contributed by atoms with Crippen LogP contribution in [0.3, 0.4) is 0 Å². The summed E-state index contributed by atoms with van der Waals surface area (Å²) in [5.41, 5.74) is 2.31. The molecule has 1 aromatic heterocycles. The number of nitrogens with zero attached hydrogens (tertiary/aromatic N) is 1. The minimum Gasteiger partial charge on any atom is -0.505 e. The number of fused-ring (bicyclic) bond motifs is 1. The van der Waals surface area contributed by atoms with Gasteiger partial charge in [0.1, 0.15) is 5.75 Å². The van der Waals surface area contributed by atoms with Crippen LogP contribution in [0.2, 0.25) is 0 Å². The molecule has 112 valence electrons. The summed E-state index contributed by atoms with van der Waals surface area (Å²) in [5, 5.41) is 11.2. The normalized spacial score (nSPS) is 11.2. The lowest BCUT2D eigenvalue weighted by Crippen LogP contribution is -2.17. The fraction of sp³-hybridized carbons (Fsp3) is 0.167. The largest absolute Gasteiger partial charge is 0.505 e. The van der Waals surface area contributed by atoms with E-state index in [1.165, 1.54) is 11.6 Å². The molecular formula is C18H18N2O2. The lowest BCUT2D eigenvalue weighted by Gasteiger charge is -2.18. The molecule has 0 spiro atoms. The van der Waals surface area contributed by atoms with E-state index in [0.717, 1.165) is 17.5 Å². The summed E-state index contributed by atoms with van der Waals surface area (Å²) in [6, 6.07) is 17.2. The lowest BCUT2D eigenvalue weighted by molar-refractivity contribution is 0.313. The molecule has 0 amide bonds. The van der Waals surface area contributed by atoms with Crippen molar-refractivity contribution in [1.82, 2.24) is 9.88 Å². The van der Waals surface area contributed by atoms with Crippen molar-refractivity contribution < 1.29 is 5.11 Å². The smallest absolute Gasteiger partial charge is 0.248 e. The Labute approximate surface area is 128 Å². The minimum atomic E-state index is -0.211.